The second kappa shape index (κ2) is 5.09. The quantitative estimate of drug-likeness (QED) is 0.783. The van der Waals surface area contributed by atoms with E-state index in [1.807, 2.05) is 13.0 Å². The molecule has 116 valence electrons. The number of ether oxygens (including phenoxy) is 1. The molecule has 1 heterocycles. The van der Waals surface area contributed by atoms with Gasteiger partial charge < -0.3 is 4.74 Å². The second-order valence-electron chi connectivity index (χ2n) is 5.87. The third-order valence-corrected chi connectivity index (χ3v) is 4.28. The summed E-state index contributed by atoms with van der Waals surface area (Å²) in [5.74, 6) is -0.00131. The Morgan fingerprint density at radius 1 is 1.27 bits per heavy atom. The van der Waals surface area contributed by atoms with Gasteiger partial charge in [0.2, 0.25) is 0 Å². The maximum absolute atomic E-state index is 12.6. The first-order valence-corrected chi connectivity index (χ1v) is 7.02. The van der Waals surface area contributed by atoms with Crippen LogP contribution < -0.4 is 0 Å². The third-order valence-electron chi connectivity index (χ3n) is 4.28. The zero-order chi connectivity index (χ0) is 16.0. The summed E-state index contributed by atoms with van der Waals surface area (Å²) in [6.45, 7) is 2.31. The minimum atomic E-state index is -4.33. The Labute approximate surface area is 126 Å². The lowest BCUT2D eigenvalue weighted by atomic mass is 9.78. The van der Waals surface area contributed by atoms with Gasteiger partial charge >= 0.3 is 6.18 Å². The highest BCUT2D eigenvalue weighted by atomic mass is 19.4. The first-order chi connectivity index (χ1) is 10.3. The average Bonchev–Trinajstić information content (AvgIpc) is 2.76. The van der Waals surface area contributed by atoms with E-state index in [-0.39, 0.29) is 11.7 Å². The molecular formula is C17H15F3O2. The van der Waals surface area contributed by atoms with Crippen molar-refractivity contribution in [2.75, 3.05) is 6.61 Å². The van der Waals surface area contributed by atoms with E-state index in [9.17, 15) is 18.0 Å². The van der Waals surface area contributed by atoms with Crippen LogP contribution in [0.1, 0.15) is 24.5 Å². The monoisotopic (exact) mass is 308 g/mol. The molecule has 0 N–H and O–H groups in total. The molecule has 2 aliphatic rings. The number of alkyl halides is 3. The molecule has 5 heteroatoms. The number of halogens is 3. The predicted molar refractivity (Wildman–Crippen MR) is 76.0 cm³/mol. The zero-order valence-corrected chi connectivity index (χ0v) is 12.0. The van der Waals surface area contributed by atoms with E-state index < -0.39 is 17.3 Å². The number of rotatable bonds is 1. The summed E-state index contributed by atoms with van der Waals surface area (Å²) in [6.07, 6.45) is 1.18. The molecule has 3 rings (SSSR count). The highest BCUT2D eigenvalue weighted by Crippen LogP contribution is 2.42. The van der Waals surface area contributed by atoms with Crippen LogP contribution in [0.4, 0.5) is 13.2 Å². The summed E-state index contributed by atoms with van der Waals surface area (Å²) in [4.78, 5) is 11.6. The molecule has 1 fully saturated rings. The lowest BCUT2D eigenvalue weighted by molar-refractivity contribution is -0.137. The van der Waals surface area contributed by atoms with E-state index in [0.29, 0.717) is 18.6 Å². The van der Waals surface area contributed by atoms with Crippen molar-refractivity contribution in [2.24, 2.45) is 5.92 Å². The number of benzene rings is 1. The van der Waals surface area contributed by atoms with Crippen LogP contribution in [0, 0.1) is 5.92 Å². The van der Waals surface area contributed by atoms with Gasteiger partial charge in [0.1, 0.15) is 0 Å². The van der Waals surface area contributed by atoms with Gasteiger partial charge in [-0.15, -0.1) is 0 Å². The Morgan fingerprint density at radius 2 is 1.95 bits per heavy atom. The first-order valence-electron chi connectivity index (χ1n) is 7.02. The van der Waals surface area contributed by atoms with E-state index in [1.54, 1.807) is 6.08 Å². The molecule has 2 nitrogen and oxygen atoms in total. The van der Waals surface area contributed by atoms with Crippen LogP contribution >= 0.6 is 0 Å². The largest absolute Gasteiger partial charge is 0.416 e. The predicted octanol–water partition coefficient (Wildman–Crippen LogP) is 4.02. The third kappa shape index (κ3) is 2.73. The average molecular weight is 308 g/mol. The molecule has 0 spiro atoms. The molecule has 0 amide bonds. The van der Waals surface area contributed by atoms with Gasteiger partial charge in [-0.25, -0.2) is 0 Å². The maximum Gasteiger partial charge on any atom is 0.416 e. The van der Waals surface area contributed by atoms with Crippen molar-refractivity contribution >= 4 is 11.9 Å². The van der Waals surface area contributed by atoms with E-state index >= 15 is 0 Å². The lowest BCUT2D eigenvalue weighted by Gasteiger charge is -2.29. The summed E-state index contributed by atoms with van der Waals surface area (Å²) in [5, 5.41) is 0. The summed E-state index contributed by atoms with van der Waals surface area (Å²) >= 11 is 0. The van der Waals surface area contributed by atoms with E-state index in [0.717, 1.165) is 17.7 Å². The Balaban J connectivity index is 1.87. The molecule has 0 saturated carbocycles. The first kappa shape index (κ1) is 15.0. The summed E-state index contributed by atoms with van der Waals surface area (Å²) in [7, 11) is 0. The SMILES string of the molecule is C[C@@]12C=CC(=O)C[C@@H]1/C(=C\c1ccc(C(F)(F)F)cc1)CO2. The Kier molecular flexibility index (Phi) is 3.48. The molecule has 22 heavy (non-hydrogen) atoms. The number of hydrogen-bond donors (Lipinski definition) is 0. The Bertz CT molecular complexity index is 655. The maximum atomic E-state index is 12.6. The molecule has 1 aliphatic heterocycles. The number of hydrogen-bond acceptors (Lipinski definition) is 2. The van der Waals surface area contributed by atoms with E-state index in [4.69, 9.17) is 4.74 Å². The van der Waals surface area contributed by atoms with E-state index in [2.05, 4.69) is 0 Å². The minimum absolute atomic E-state index is 0.0475. The molecule has 0 bridgehead atoms. The highest BCUT2D eigenvalue weighted by molar-refractivity contribution is 5.91. The fraction of sp³-hybridized carbons (Fsp3) is 0.353. The Morgan fingerprint density at radius 3 is 2.59 bits per heavy atom. The van der Waals surface area contributed by atoms with Gasteiger partial charge in [-0.2, -0.15) is 13.2 Å². The lowest BCUT2D eigenvalue weighted by Crippen LogP contribution is -2.34. The molecule has 1 aliphatic carbocycles. The number of carbonyl (C=O) groups is 1. The van der Waals surface area contributed by atoms with Crippen molar-refractivity contribution in [1.82, 2.24) is 0 Å². The molecule has 0 unspecified atom stereocenters. The highest BCUT2D eigenvalue weighted by Gasteiger charge is 2.44. The number of allylic oxidation sites excluding steroid dienone is 1. The van der Waals surface area contributed by atoms with Crippen LogP contribution in [0.25, 0.3) is 6.08 Å². The number of fused-ring (bicyclic) bond motifs is 1. The van der Waals surface area contributed by atoms with Gasteiger partial charge in [0.05, 0.1) is 17.8 Å². The summed E-state index contributed by atoms with van der Waals surface area (Å²) in [6, 6.07) is 5.00. The van der Waals surface area contributed by atoms with Crippen molar-refractivity contribution in [1.29, 1.82) is 0 Å². The van der Waals surface area contributed by atoms with Crippen LogP contribution in [0.15, 0.2) is 42.0 Å². The summed E-state index contributed by atoms with van der Waals surface area (Å²) < 4.78 is 43.4. The van der Waals surface area contributed by atoms with Crippen LogP contribution in [0.2, 0.25) is 0 Å². The fourth-order valence-corrected chi connectivity index (χ4v) is 2.96. The molecule has 1 saturated heterocycles. The molecule has 1 aromatic carbocycles. The van der Waals surface area contributed by atoms with Gasteiger partial charge in [0.15, 0.2) is 5.78 Å². The minimum Gasteiger partial charge on any atom is -0.366 e. The second-order valence-corrected chi connectivity index (χ2v) is 5.87. The van der Waals surface area contributed by atoms with E-state index in [1.165, 1.54) is 18.2 Å². The zero-order valence-electron chi connectivity index (χ0n) is 12.0. The van der Waals surface area contributed by atoms with Gasteiger partial charge in [-0.1, -0.05) is 18.2 Å². The molecule has 1 aromatic rings. The van der Waals surface area contributed by atoms with Crippen LogP contribution in [-0.2, 0) is 15.7 Å². The Hall–Kier alpha value is -1.88. The standard InChI is InChI=1S/C17H15F3O2/c1-16-7-6-14(21)9-15(16)12(10-22-16)8-11-2-4-13(5-3-11)17(18,19)20/h2-8,15H,9-10H2,1H3/b12-8-/t15-,16-/m1/s1. The normalized spacial score (nSPS) is 29.9. The molecule has 0 radical (unpaired) electrons. The molecular weight excluding hydrogens is 293 g/mol. The fourth-order valence-electron chi connectivity index (χ4n) is 2.96. The van der Waals surface area contributed by atoms with Gasteiger partial charge in [-0.3, -0.25) is 4.79 Å². The van der Waals surface area contributed by atoms with Crippen LogP contribution in [-0.4, -0.2) is 18.0 Å². The van der Waals surface area contributed by atoms with Crippen molar-refractivity contribution < 1.29 is 22.7 Å². The van der Waals surface area contributed by atoms with Gasteiger partial charge in [0.25, 0.3) is 0 Å². The number of carbonyl (C=O) groups excluding carboxylic acids is 1. The van der Waals surface area contributed by atoms with Crippen molar-refractivity contribution in [2.45, 2.75) is 25.1 Å². The van der Waals surface area contributed by atoms with Crippen LogP contribution in [0.3, 0.4) is 0 Å². The topological polar surface area (TPSA) is 26.3 Å². The molecule has 0 aromatic heterocycles. The van der Waals surface area contributed by atoms with Crippen LogP contribution in [0.5, 0.6) is 0 Å². The summed E-state index contributed by atoms with van der Waals surface area (Å²) in [5.41, 5.74) is 0.460. The molecule has 2 atom stereocenters. The van der Waals surface area contributed by atoms with Gasteiger partial charge in [0, 0.05) is 12.3 Å². The van der Waals surface area contributed by atoms with Crippen molar-refractivity contribution in [3.63, 3.8) is 0 Å². The van der Waals surface area contributed by atoms with Crippen molar-refractivity contribution in [3.8, 4) is 0 Å². The van der Waals surface area contributed by atoms with Crippen molar-refractivity contribution in [3.05, 3.63) is 53.1 Å². The van der Waals surface area contributed by atoms with Gasteiger partial charge in [-0.05, 0) is 42.3 Å². The smallest absolute Gasteiger partial charge is 0.366 e. The number of ketones is 1.